The van der Waals surface area contributed by atoms with E-state index in [1.807, 2.05) is 30.0 Å². The highest BCUT2D eigenvalue weighted by atomic mass is 15.2. The van der Waals surface area contributed by atoms with Crippen LogP contribution in [0.2, 0.25) is 0 Å². The van der Waals surface area contributed by atoms with Crippen molar-refractivity contribution in [1.82, 2.24) is 25.2 Å². The summed E-state index contributed by atoms with van der Waals surface area (Å²) in [4.78, 5) is 15.5. The van der Waals surface area contributed by atoms with Crippen molar-refractivity contribution in [2.45, 2.75) is 27.3 Å². The van der Waals surface area contributed by atoms with E-state index in [-0.39, 0.29) is 0 Å². The van der Waals surface area contributed by atoms with E-state index in [1.165, 1.54) is 11.3 Å². The Bertz CT molecular complexity index is 960. The van der Waals surface area contributed by atoms with Crippen molar-refractivity contribution in [2.75, 3.05) is 31.6 Å². The van der Waals surface area contributed by atoms with Gasteiger partial charge >= 0.3 is 0 Å². The molecule has 158 valence electrons. The van der Waals surface area contributed by atoms with Crippen LogP contribution < -0.4 is 15.5 Å². The molecule has 3 aromatic rings. The minimum Gasteiger partial charge on any atom is -0.370 e. The second-order valence-electron chi connectivity index (χ2n) is 7.14. The molecular formula is C23H31N7. The number of aryl methyl sites for hydroxylation is 2. The summed E-state index contributed by atoms with van der Waals surface area (Å²) in [5, 5.41) is 6.75. The number of guanidine groups is 1. The summed E-state index contributed by atoms with van der Waals surface area (Å²) in [7, 11) is 1.79. The maximum absolute atomic E-state index is 4.54. The zero-order valence-corrected chi connectivity index (χ0v) is 18.3. The molecule has 1 aromatic carbocycles. The van der Waals surface area contributed by atoms with Crippen molar-refractivity contribution >= 4 is 11.6 Å². The Kier molecular flexibility index (Phi) is 7.43. The molecule has 7 heteroatoms. The van der Waals surface area contributed by atoms with Gasteiger partial charge in [-0.05, 0) is 50.1 Å². The van der Waals surface area contributed by atoms with Gasteiger partial charge in [-0.15, -0.1) is 0 Å². The summed E-state index contributed by atoms with van der Waals surface area (Å²) in [6, 6.07) is 12.7. The van der Waals surface area contributed by atoms with E-state index in [1.54, 1.807) is 13.2 Å². The molecule has 2 heterocycles. The maximum Gasteiger partial charge on any atom is 0.191 e. The fourth-order valence-corrected chi connectivity index (χ4v) is 3.29. The Morgan fingerprint density at radius 2 is 2.00 bits per heavy atom. The van der Waals surface area contributed by atoms with Crippen LogP contribution in [0.3, 0.4) is 0 Å². The minimum absolute atomic E-state index is 0.658. The second-order valence-corrected chi connectivity index (χ2v) is 7.14. The van der Waals surface area contributed by atoms with Gasteiger partial charge in [0.2, 0.25) is 0 Å². The van der Waals surface area contributed by atoms with Gasteiger partial charge in [-0.3, -0.25) is 9.56 Å². The monoisotopic (exact) mass is 405 g/mol. The highest BCUT2D eigenvalue weighted by Crippen LogP contribution is 2.15. The third-order valence-corrected chi connectivity index (χ3v) is 4.99. The molecule has 2 aromatic heterocycles. The molecule has 0 spiro atoms. The standard InChI is InChI=1S/C23H31N7/c1-5-29(21-8-6-7-18(2)15-21)13-11-26-23(24-4)28-17-20-9-10-22(27-16-20)30-14-12-25-19(30)3/h6-10,12,14-16H,5,11,13,17H2,1-4H3,(H2,24,26,28). The van der Waals surface area contributed by atoms with Crippen LogP contribution in [0, 0.1) is 13.8 Å². The van der Waals surface area contributed by atoms with Crippen LogP contribution >= 0.6 is 0 Å². The number of pyridine rings is 1. The van der Waals surface area contributed by atoms with Crippen LogP contribution in [0.15, 0.2) is 60.0 Å². The number of nitrogens with one attached hydrogen (secondary N) is 2. The summed E-state index contributed by atoms with van der Waals surface area (Å²) in [5.41, 5.74) is 3.62. The minimum atomic E-state index is 0.658. The second kappa shape index (κ2) is 10.4. The summed E-state index contributed by atoms with van der Waals surface area (Å²) >= 11 is 0. The highest BCUT2D eigenvalue weighted by Gasteiger charge is 2.06. The average Bonchev–Trinajstić information content (AvgIpc) is 3.19. The SMILES string of the molecule is CCN(CCNC(=NC)NCc1ccc(-n2ccnc2C)nc1)c1cccc(C)c1. The zero-order valence-electron chi connectivity index (χ0n) is 18.3. The molecule has 0 aliphatic rings. The molecule has 0 unspecified atom stereocenters. The topological polar surface area (TPSA) is 70.4 Å². The number of nitrogens with zero attached hydrogens (tertiary/aromatic N) is 5. The Balaban J connectivity index is 1.48. The molecule has 2 N–H and O–H groups in total. The molecule has 0 saturated carbocycles. The van der Waals surface area contributed by atoms with Crippen LogP contribution in [0.25, 0.3) is 5.82 Å². The van der Waals surface area contributed by atoms with Crippen molar-refractivity contribution < 1.29 is 0 Å². The molecule has 3 rings (SSSR count). The molecular weight excluding hydrogens is 374 g/mol. The summed E-state index contributed by atoms with van der Waals surface area (Å²) in [6.07, 6.45) is 5.57. The first kappa shape index (κ1) is 21.4. The van der Waals surface area contributed by atoms with E-state index in [9.17, 15) is 0 Å². The van der Waals surface area contributed by atoms with E-state index in [2.05, 4.69) is 74.7 Å². The van der Waals surface area contributed by atoms with Gasteiger partial charge in [0.15, 0.2) is 5.96 Å². The number of rotatable bonds is 8. The fraction of sp³-hybridized carbons (Fsp3) is 0.348. The fourth-order valence-electron chi connectivity index (χ4n) is 3.29. The first-order valence-electron chi connectivity index (χ1n) is 10.3. The number of aromatic nitrogens is 3. The molecule has 30 heavy (non-hydrogen) atoms. The number of hydrogen-bond donors (Lipinski definition) is 2. The van der Waals surface area contributed by atoms with Gasteiger partial charge in [-0.1, -0.05) is 18.2 Å². The van der Waals surface area contributed by atoms with E-state index < -0.39 is 0 Å². The summed E-state index contributed by atoms with van der Waals surface area (Å²) in [6.45, 7) is 9.60. The van der Waals surface area contributed by atoms with E-state index >= 15 is 0 Å². The first-order valence-corrected chi connectivity index (χ1v) is 10.3. The van der Waals surface area contributed by atoms with Gasteiger partial charge in [-0.25, -0.2) is 9.97 Å². The zero-order chi connectivity index (χ0) is 21.3. The van der Waals surface area contributed by atoms with Gasteiger partial charge in [0.25, 0.3) is 0 Å². The lowest BCUT2D eigenvalue weighted by Gasteiger charge is -2.24. The lowest BCUT2D eigenvalue weighted by Crippen LogP contribution is -2.41. The molecule has 7 nitrogen and oxygen atoms in total. The number of hydrogen-bond acceptors (Lipinski definition) is 4. The van der Waals surface area contributed by atoms with Gasteiger partial charge in [0.1, 0.15) is 11.6 Å². The van der Waals surface area contributed by atoms with Crippen molar-refractivity contribution in [1.29, 1.82) is 0 Å². The van der Waals surface area contributed by atoms with Crippen LogP contribution in [-0.2, 0) is 6.54 Å². The number of benzene rings is 1. The number of aliphatic imine (C=N–C) groups is 1. The van der Waals surface area contributed by atoms with Gasteiger partial charge in [0, 0.05) is 57.5 Å². The lowest BCUT2D eigenvalue weighted by atomic mass is 10.2. The van der Waals surface area contributed by atoms with Crippen molar-refractivity contribution in [3.63, 3.8) is 0 Å². The molecule has 0 bridgehead atoms. The lowest BCUT2D eigenvalue weighted by molar-refractivity contribution is 0.749. The number of anilines is 1. The first-order chi connectivity index (χ1) is 14.6. The molecule has 0 aliphatic carbocycles. The Morgan fingerprint density at radius 3 is 2.63 bits per heavy atom. The molecule has 0 atom stereocenters. The largest absolute Gasteiger partial charge is 0.370 e. The van der Waals surface area contributed by atoms with Crippen molar-refractivity contribution in [3.8, 4) is 5.82 Å². The third-order valence-electron chi connectivity index (χ3n) is 4.99. The Morgan fingerprint density at radius 1 is 1.13 bits per heavy atom. The quantitative estimate of drug-likeness (QED) is 0.445. The number of likely N-dealkylation sites (N-methyl/N-ethyl adjacent to an activating group) is 1. The number of imidazole rings is 1. The van der Waals surface area contributed by atoms with E-state index in [0.29, 0.717) is 6.54 Å². The van der Waals surface area contributed by atoms with Crippen LogP contribution in [-0.4, -0.2) is 47.2 Å². The van der Waals surface area contributed by atoms with Crippen LogP contribution in [0.4, 0.5) is 5.69 Å². The average molecular weight is 406 g/mol. The van der Waals surface area contributed by atoms with Gasteiger partial charge < -0.3 is 15.5 Å². The normalized spacial score (nSPS) is 11.4. The molecule has 0 aliphatic heterocycles. The van der Waals surface area contributed by atoms with Crippen LogP contribution in [0.5, 0.6) is 0 Å². The Labute approximate surface area is 178 Å². The maximum atomic E-state index is 4.54. The van der Waals surface area contributed by atoms with Crippen molar-refractivity contribution in [2.24, 2.45) is 4.99 Å². The predicted octanol–water partition coefficient (Wildman–Crippen LogP) is 3.08. The smallest absolute Gasteiger partial charge is 0.191 e. The van der Waals surface area contributed by atoms with E-state index in [4.69, 9.17) is 0 Å². The predicted molar refractivity (Wildman–Crippen MR) is 123 cm³/mol. The molecule has 0 radical (unpaired) electrons. The summed E-state index contributed by atoms with van der Waals surface area (Å²) < 4.78 is 1.96. The molecule has 0 fully saturated rings. The van der Waals surface area contributed by atoms with Gasteiger partial charge in [0.05, 0.1) is 0 Å². The van der Waals surface area contributed by atoms with Crippen molar-refractivity contribution in [3.05, 3.63) is 71.9 Å². The third kappa shape index (κ3) is 5.59. The molecule has 0 saturated heterocycles. The summed E-state index contributed by atoms with van der Waals surface area (Å²) in [5.74, 6) is 2.57. The highest BCUT2D eigenvalue weighted by molar-refractivity contribution is 5.79. The van der Waals surface area contributed by atoms with Gasteiger partial charge in [-0.2, -0.15) is 0 Å². The van der Waals surface area contributed by atoms with Crippen LogP contribution in [0.1, 0.15) is 23.9 Å². The molecule has 0 amide bonds. The van der Waals surface area contributed by atoms with E-state index in [0.717, 1.165) is 42.8 Å². The Hall–Kier alpha value is -3.35.